The summed E-state index contributed by atoms with van der Waals surface area (Å²) < 4.78 is 33.9. The average molecular weight is 494 g/mol. The summed E-state index contributed by atoms with van der Waals surface area (Å²) in [6.45, 7) is 0. The number of phenolic OH excluding ortho intramolecular Hbond substituents is 2. The maximum absolute atomic E-state index is 13.0. The van der Waals surface area contributed by atoms with Crippen molar-refractivity contribution >= 4 is 56.5 Å². The van der Waals surface area contributed by atoms with Gasteiger partial charge in [0.15, 0.2) is 4.75 Å². The highest BCUT2D eigenvalue weighted by Gasteiger charge is 2.53. The average Bonchev–Trinajstić information content (AvgIpc) is 2.66. The summed E-state index contributed by atoms with van der Waals surface area (Å²) in [7, 11) is -5.16. The van der Waals surface area contributed by atoms with E-state index in [4.69, 9.17) is 46.4 Å². The predicted molar refractivity (Wildman–Crippen MR) is 114 cm³/mol. The van der Waals surface area contributed by atoms with E-state index in [-0.39, 0.29) is 26.2 Å². The molecule has 1 atom stereocenters. The molecule has 0 saturated carbocycles. The normalized spacial score (nSPS) is 13.8. The van der Waals surface area contributed by atoms with Gasteiger partial charge in [-0.05, 0) is 11.6 Å². The van der Waals surface area contributed by atoms with E-state index in [0.29, 0.717) is 0 Å². The summed E-state index contributed by atoms with van der Waals surface area (Å²) in [5.74, 6) is -1.29. The molecule has 0 amide bonds. The van der Waals surface area contributed by atoms with Crippen molar-refractivity contribution < 1.29 is 23.2 Å². The first kappa shape index (κ1) is 22.0. The lowest BCUT2D eigenvalue weighted by atomic mass is 9.83. The standard InChI is InChI=1S/C19H12Cl4O5S/c20-12-8-4-7-11(18(12)25)19(29(26,27)28,10-5-2-1-3-6-10)15-14(24)9-13(21)16(22)17(15)23/h1-9,24-25H,(H,26,27,28). The lowest BCUT2D eigenvalue weighted by Crippen LogP contribution is -2.38. The summed E-state index contributed by atoms with van der Waals surface area (Å²) in [4.78, 5) is 0. The minimum Gasteiger partial charge on any atom is -0.507 e. The predicted octanol–water partition coefficient (Wildman–Crippen LogP) is 5.89. The Balaban J connectivity index is 2.67. The second kappa shape index (κ2) is 7.87. The number of aromatic hydroxyl groups is 2. The second-order valence-electron chi connectivity index (χ2n) is 6.04. The molecule has 0 aromatic heterocycles. The molecule has 0 saturated heterocycles. The van der Waals surface area contributed by atoms with Gasteiger partial charge in [0.05, 0.1) is 20.1 Å². The van der Waals surface area contributed by atoms with Crippen molar-refractivity contribution in [1.82, 2.24) is 0 Å². The number of benzene rings is 3. The summed E-state index contributed by atoms with van der Waals surface area (Å²) >= 11 is 24.4. The maximum Gasteiger partial charge on any atom is 0.283 e. The Bertz CT molecular complexity index is 1200. The maximum atomic E-state index is 13.0. The smallest absolute Gasteiger partial charge is 0.283 e. The van der Waals surface area contributed by atoms with Crippen molar-refractivity contribution in [2.75, 3.05) is 0 Å². The van der Waals surface area contributed by atoms with Crippen molar-refractivity contribution in [2.45, 2.75) is 4.75 Å². The summed E-state index contributed by atoms with van der Waals surface area (Å²) in [5, 5.41) is 20.3. The SMILES string of the molecule is O=S(=O)(O)C(c1ccccc1)(c1cccc(Cl)c1O)c1c(O)cc(Cl)c(Cl)c1Cl. The lowest BCUT2D eigenvalue weighted by Gasteiger charge is -2.34. The molecule has 0 radical (unpaired) electrons. The van der Waals surface area contributed by atoms with Crippen LogP contribution in [0.5, 0.6) is 11.5 Å². The fourth-order valence-electron chi connectivity index (χ4n) is 3.24. The summed E-state index contributed by atoms with van der Waals surface area (Å²) in [6.07, 6.45) is 0. The Labute approximate surface area is 186 Å². The van der Waals surface area contributed by atoms with Crippen LogP contribution in [0.15, 0.2) is 54.6 Å². The van der Waals surface area contributed by atoms with Gasteiger partial charge in [-0.3, -0.25) is 4.55 Å². The van der Waals surface area contributed by atoms with Gasteiger partial charge in [0, 0.05) is 17.2 Å². The topological polar surface area (TPSA) is 94.8 Å². The third kappa shape index (κ3) is 3.44. The van der Waals surface area contributed by atoms with Crippen LogP contribution in [-0.2, 0) is 14.9 Å². The zero-order chi connectivity index (χ0) is 21.6. The van der Waals surface area contributed by atoms with Crippen LogP contribution in [0.25, 0.3) is 0 Å². The van der Waals surface area contributed by atoms with Crippen LogP contribution in [0.3, 0.4) is 0 Å². The molecule has 0 aliphatic heterocycles. The van der Waals surface area contributed by atoms with Gasteiger partial charge in [-0.25, -0.2) is 0 Å². The zero-order valence-corrected chi connectivity index (χ0v) is 18.1. The van der Waals surface area contributed by atoms with Crippen LogP contribution in [-0.4, -0.2) is 23.2 Å². The molecule has 29 heavy (non-hydrogen) atoms. The molecular weight excluding hydrogens is 482 g/mol. The van der Waals surface area contributed by atoms with E-state index >= 15 is 0 Å². The molecule has 1 unspecified atom stereocenters. The molecule has 3 N–H and O–H groups in total. The summed E-state index contributed by atoms with van der Waals surface area (Å²) in [5.41, 5.74) is -0.857. The fraction of sp³-hybridized carbons (Fsp3) is 0.0526. The molecule has 10 heteroatoms. The first-order chi connectivity index (χ1) is 13.5. The Morgan fingerprint density at radius 3 is 2.00 bits per heavy atom. The van der Waals surface area contributed by atoms with E-state index in [0.717, 1.165) is 6.07 Å². The first-order valence-electron chi connectivity index (χ1n) is 7.91. The van der Waals surface area contributed by atoms with E-state index in [9.17, 15) is 23.2 Å². The van der Waals surface area contributed by atoms with Gasteiger partial charge >= 0.3 is 0 Å². The third-order valence-electron chi connectivity index (χ3n) is 4.43. The Kier molecular flexibility index (Phi) is 5.98. The van der Waals surface area contributed by atoms with Crippen LogP contribution >= 0.6 is 46.4 Å². The molecule has 3 aromatic carbocycles. The van der Waals surface area contributed by atoms with Gasteiger partial charge in [-0.15, -0.1) is 0 Å². The highest BCUT2D eigenvalue weighted by Crippen LogP contribution is 2.55. The number of para-hydroxylation sites is 1. The molecule has 3 aromatic rings. The summed E-state index contributed by atoms with van der Waals surface area (Å²) in [6, 6.07) is 12.3. The first-order valence-corrected chi connectivity index (χ1v) is 10.9. The molecule has 0 heterocycles. The molecule has 152 valence electrons. The molecule has 5 nitrogen and oxygen atoms in total. The van der Waals surface area contributed by atoms with Gasteiger partial charge in [0.1, 0.15) is 11.5 Å². The largest absolute Gasteiger partial charge is 0.507 e. The fourth-order valence-corrected chi connectivity index (χ4v) is 5.55. The van der Waals surface area contributed by atoms with Crippen LogP contribution in [0.2, 0.25) is 20.1 Å². The molecule has 0 aliphatic rings. The molecule has 3 rings (SSSR count). The van der Waals surface area contributed by atoms with Crippen molar-refractivity contribution in [3.05, 3.63) is 91.4 Å². The number of hydrogen-bond acceptors (Lipinski definition) is 4. The quantitative estimate of drug-likeness (QED) is 0.239. The van der Waals surface area contributed by atoms with Gasteiger partial charge < -0.3 is 10.2 Å². The Morgan fingerprint density at radius 1 is 0.793 bits per heavy atom. The van der Waals surface area contributed by atoms with Crippen molar-refractivity contribution in [2.24, 2.45) is 0 Å². The van der Waals surface area contributed by atoms with Gasteiger partial charge in [-0.2, -0.15) is 8.42 Å². The van der Waals surface area contributed by atoms with Crippen LogP contribution in [0.4, 0.5) is 0 Å². The second-order valence-corrected chi connectivity index (χ2v) is 9.17. The number of rotatable bonds is 4. The molecule has 0 bridgehead atoms. The molecular formula is C19H12Cl4O5S. The van der Waals surface area contributed by atoms with E-state index in [1.54, 1.807) is 6.07 Å². The molecule has 0 aliphatic carbocycles. The van der Waals surface area contributed by atoms with Gasteiger partial charge in [0.2, 0.25) is 0 Å². The lowest BCUT2D eigenvalue weighted by molar-refractivity contribution is 0.428. The Morgan fingerprint density at radius 2 is 1.41 bits per heavy atom. The Hall–Kier alpha value is -1.67. The van der Waals surface area contributed by atoms with Crippen molar-refractivity contribution in [3.8, 4) is 11.5 Å². The number of hydrogen-bond donors (Lipinski definition) is 3. The molecule has 0 fully saturated rings. The minimum absolute atomic E-state index is 0.0318. The highest BCUT2D eigenvalue weighted by molar-refractivity contribution is 7.87. The van der Waals surface area contributed by atoms with Crippen LogP contribution in [0, 0.1) is 0 Å². The van der Waals surface area contributed by atoms with E-state index in [2.05, 4.69) is 0 Å². The van der Waals surface area contributed by atoms with Gasteiger partial charge in [0.25, 0.3) is 10.1 Å². The number of halogens is 4. The highest BCUT2D eigenvalue weighted by atomic mass is 35.5. The number of phenols is 2. The van der Waals surface area contributed by atoms with Crippen molar-refractivity contribution in [3.63, 3.8) is 0 Å². The monoisotopic (exact) mass is 492 g/mol. The molecule has 0 spiro atoms. The third-order valence-corrected chi connectivity index (χ3v) is 7.43. The van der Waals surface area contributed by atoms with Gasteiger partial charge in [-0.1, -0.05) is 88.9 Å². The van der Waals surface area contributed by atoms with Crippen LogP contribution < -0.4 is 0 Å². The zero-order valence-electron chi connectivity index (χ0n) is 14.3. The van der Waals surface area contributed by atoms with E-state index in [1.807, 2.05) is 0 Å². The van der Waals surface area contributed by atoms with E-state index < -0.39 is 37.0 Å². The van der Waals surface area contributed by atoms with Crippen molar-refractivity contribution in [1.29, 1.82) is 0 Å². The van der Waals surface area contributed by atoms with Crippen LogP contribution in [0.1, 0.15) is 16.7 Å². The minimum atomic E-state index is -5.16. The van der Waals surface area contributed by atoms with E-state index in [1.165, 1.54) is 42.5 Å².